The van der Waals surface area contributed by atoms with Gasteiger partial charge in [0, 0.05) is 118 Å². The van der Waals surface area contributed by atoms with Gasteiger partial charge in [-0.05, 0) is 207 Å². The fourth-order valence-electron chi connectivity index (χ4n) is 22.4. The number of thiophene rings is 3. The summed E-state index contributed by atoms with van der Waals surface area (Å²) in [6.07, 6.45) is 0. The van der Waals surface area contributed by atoms with Gasteiger partial charge < -0.3 is 27.4 Å². The van der Waals surface area contributed by atoms with E-state index in [4.69, 9.17) is 0 Å². The number of aromatic nitrogens is 6. The van der Waals surface area contributed by atoms with Gasteiger partial charge in [0.25, 0.3) is 0 Å². The number of nitrogens with zero attached hydrogens (tertiary/aromatic N) is 6. The van der Waals surface area contributed by atoms with E-state index in [9.17, 15) is 0 Å². The van der Waals surface area contributed by atoms with Gasteiger partial charge in [-0.3, -0.25) is 0 Å². The van der Waals surface area contributed by atoms with E-state index in [1.807, 2.05) is 34.0 Å². The van der Waals surface area contributed by atoms with E-state index >= 15 is 0 Å². The second-order valence-corrected chi connectivity index (χ2v) is 39.6. The molecule has 0 amide bonds. The number of rotatable bonds is 12. The van der Waals surface area contributed by atoms with Gasteiger partial charge in [-0.15, -0.1) is 34.0 Å². The molecule has 9 aromatic heterocycles. The predicted molar refractivity (Wildman–Crippen MR) is 604 cm³/mol. The van der Waals surface area contributed by atoms with Crippen molar-refractivity contribution in [1.82, 2.24) is 27.4 Å². The highest BCUT2D eigenvalue weighted by Gasteiger charge is 2.27. The van der Waals surface area contributed by atoms with Crippen LogP contribution in [0, 0.1) is 0 Å². The van der Waals surface area contributed by atoms with Gasteiger partial charge in [0.15, 0.2) is 0 Å². The minimum absolute atomic E-state index is 1.17. The first kappa shape index (κ1) is 81.6. The van der Waals surface area contributed by atoms with Crippen LogP contribution in [0.1, 0.15) is 0 Å². The molecule has 141 heavy (non-hydrogen) atoms. The van der Waals surface area contributed by atoms with Crippen LogP contribution in [0.15, 0.2) is 510 Å². The first-order chi connectivity index (χ1) is 70.0. The van der Waals surface area contributed by atoms with E-state index in [-0.39, 0.29) is 0 Å². The minimum atomic E-state index is 1.17. The van der Waals surface area contributed by atoms with Crippen molar-refractivity contribution in [3.05, 3.63) is 510 Å². The van der Waals surface area contributed by atoms with Crippen LogP contribution in [0.2, 0.25) is 0 Å². The van der Waals surface area contributed by atoms with Crippen molar-refractivity contribution >= 4 is 193 Å². The summed E-state index contributed by atoms with van der Waals surface area (Å²) in [6.45, 7) is 0. The van der Waals surface area contributed by atoms with Gasteiger partial charge in [-0.1, -0.05) is 364 Å². The predicted octanol–water partition coefficient (Wildman–Crippen LogP) is 37.3. The number of para-hydroxylation sites is 13. The molecule has 6 nitrogen and oxygen atoms in total. The van der Waals surface area contributed by atoms with Gasteiger partial charge in [0.05, 0.1) is 80.3 Å². The normalized spacial score (nSPS) is 11.8. The van der Waals surface area contributed by atoms with Gasteiger partial charge in [0.1, 0.15) is 0 Å². The van der Waals surface area contributed by atoms with Crippen molar-refractivity contribution in [2.45, 2.75) is 0 Å². The second-order valence-electron chi connectivity index (χ2n) is 36.4. The van der Waals surface area contributed by atoms with Crippen LogP contribution in [-0.4, -0.2) is 27.4 Å². The molecule has 0 spiro atoms. The topological polar surface area (TPSA) is 29.6 Å². The molecular weight excluding hydrogens is 1770 g/mol. The Balaban J connectivity index is 0.000000104. The van der Waals surface area contributed by atoms with E-state index in [1.54, 1.807) is 0 Å². The molecule has 0 radical (unpaired) electrons. The Bertz CT molecular complexity index is 10100. The lowest BCUT2D eigenvalue weighted by Crippen LogP contribution is -1.95. The maximum atomic E-state index is 2.45. The van der Waals surface area contributed by atoms with Crippen molar-refractivity contribution in [3.8, 4) is 101 Å². The fourth-order valence-corrected chi connectivity index (χ4v) is 26.2. The van der Waals surface area contributed by atoms with Crippen LogP contribution < -0.4 is 0 Å². The van der Waals surface area contributed by atoms with E-state index in [0.29, 0.717) is 0 Å². The maximum absolute atomic E-state index is 2.45. The minimum Gasteiger partial charge on any atom is -0.309 e. The SMILES string of the molecule is c1ccc(-n2c3ccccc3c3cc(-c4ccc(-c5cccc6sc7c8ccccc8n(-c8ccccc8)c7c56)cc4)ccc32)cc1.c1ccc(-n2c3ccccc3c3ccc(-c4ccc(-c5cccc6sc7c8ccccc8n(-c8ccccc8)c7c56)cc4)cc32)cc1.c1ccc(-n2c3ccccc3c3cccc(-c4ccc(-c5cccc6sc7c8ccccc8n(-c8ccccc8)c7c56)cc4)c32)cc1. The third kappa shape index (κ3) is 13.3. The van der Waals surface area contributed by atoms with Crippen LogP contribution in [0.25, 0.3) is 260 Å². The van der Waals surface area contributed by atoms with Crippen LogP contribution >= 0.6 is 34.0 Å². The van der Waals surface area contributed by atoms with Gasteiger partial charge >= 0.3 is 0 Å². The quantitative estimate of drug-likeness (QED) is 0.117. The van der Waals surface area contributed by atoms with Crippen LogP contribution in [0.5, 0.6) is 0 Å². The van der Waals surface area contributed by atoms with Crippen LogP contribution in [0.3, 0.4) is 0 Å². The Labute approximate surface area is 824 Å². The van der Waals surface area contributed by atoms with Gasteiger partial charge in [-0.2, -0.15) is 0 Å². The lowest BCUT2D eigenvalue weighted by Gasteiger charge is -2.13. The van der Waals surface area contributed by atoms with Crippen LogP contribution in [-0.2, 0) is 0 Å². The lowest BCUT2D eigenvalue weighted by molar-refractivity contribution is 1.18. The third-order valence-corrected chi connectivity index (χ3v) is 32.1. The molecule has 0 aliphatic heterocycles. The van der Waals surface area contributed by atoms with Crippen molar-refractivity contribution in [3.63, 3.8) is 0 Å². The molecule has 0 saturated carbocycles. The molecule has 0 N–H and O–H groups in total. The van der Waals surface area contributed by atoms with Crippen LogP contribution in [0.4, 0.5) is 0 Å². The molecule has 9 heterocycles. The van der Waals surface area contributed by atoms with Crippen molar-refractivity contribution in [2.24, 2.45) is 0 Å². The summed E-state index contributed by atoms with van der Waals surface area (Å²) < 4.78 is 22.5. The highest BCUT2D eigenvalue weighted by molar-refractivity contribution is 7.27. The molecule has 0 saturated heterocycles. The fraction of sp³-hybridized carbons (Fsp3) is 0. The number of hydrogen-bond acceptors (Lipinski definition) is 3. The zero-order valence-corrected chi connectivity index (χ0v) is 78.9. The smallest absolute Gasteiger partial charge is 0.0734 e. The van der Waals surface area contributed by atoms with Gasteiger partial charge in [0.2, 0.25) is 0 Å². The molecule has 0 bridgehead atoms. The van der Waals surface area contributed by atoms with Crippen molar-refractivity contribution in [2.75, 3.05) is 0 Å². The molecule has 30 rings (SSSR count). The zero-order valence-electron chi connectivity index (χ0n) is 76.4. The maximum Gasteiger partial charge on any atom is 0.0734 e. The summed E-state index contributed by atoms with van der Waals surface area (Å²) in [6, 6.07) is 185. The summed E-state index contributed by atoms with van der Waals surface area (Å²) in [7, 11) is 0. The van der Waals surface area contributed by atoms with E-state index in [0.717, 1.165) is 0 Å². The highest BCUT2D eigenvalue weighted by atomic mass is 32.1. The second kappa shape index (κ2) is 33.6. The summed E-state index contributed by atoms with van der Waals surface area (Å²) >= 11 is 5.68. The first-order valence-corrected chi connectivity index (χ1v) is 50.5. The monoisotopic (exact) mass is 1850 g/mol. The number of benzene rings is 21. The van der Waals surface area contributed by atoms with E-state index < -0.39 is 0 Å². The molecule has 0 fully saturated rings. The molecule has 660 valence electrons. The largest absolute Gasteiger partial charge is 0.309 e. The number of fused-ring (bicyclic) bond motifs is 24. The molecule has 9 heteroatoms. The third-order valence-electron chi connectivity index (χ3n) is 28.6. The van der Waals surface area contributed by atoms with Gasteiger partial charge in [-0.25, -0.2) is 0 Å². The molecule has 0 atom stereocenters. The molecule has 0 aliphatic carbocycles. The molecule has 30 aromatic rings. The Kier molecular flexibility index (Phi) is 19.5. The standard InChI is InChI=1S/3C44H28N2S/c1-3-13-31(14-4-1)45-38-22-9-7-17-35(38)36-21-11-20-34(42(36)45)30-27-25-29(26-28-30)33-19-12-24-40-41(33)43-44(47-40)37-18-8-10-23-39(37)46(43)32-15-5-2-6-16-32;1-3-12-32(13-4-1)45-38-19-9-7-16-35(38)36-27-26-31(28-40(36)45)29-22-24-30(25-23-29)34-18-11-21-41-42(34)43-44(47-41)37-17-8-10-20-39(37)46(43)33-14-5-2-6-15-33;1-3-12-32(13-4-1)45-38-19-9-7-16-35(38)37-28-31(26-27-40(37)45)29-22-24-30(25-23-29)34-18-11-21-41-42(34)43-44(47-41)36-17-8-10-20-39(36)46(43)33-14-5-2-6-15-33/h3*1-28H. The zero-order chi connectivity index (χ0) is 92.7. The molecule has 21 aromatic carbocycles. The summed E-state index contributed by atoms with van der Waals surface area (Å²) in [5.74, 6) is 0. The lowest BCUT2D eigenvalue weighted by atomic mass is 9.97. The first-order valence-electron chi connectivity index (χ1n) is 48.1. The molecule has 0 unspecified atom stereocenters. The summed E-state index contributed by atoms with van der Waals surface area (Å²) in [5.41, 5.74) is 36.8. The Morgan fingerprint density at radius 2 is 0.362 bits per heavy atom. The average Bonchev–Trinajstić information content (AvgIpc) is 1.56. The molecular formula is C132H84N6S3. The highest BCUT2D eigenvalue weighted by Crippen LogP contribution is 2.52. The summed E-state index contributed by atoms with van der Waals surface area (Å²) in [5, 5.41) is 15.5. The van der Waals surface area contributed by atoms with E-state index in [2.05, 4.69) is 537 Å². The average molecular weight is 1850 g/mol. The Hall–Kier alpha value is -17.7. The Morgan fingerprint density at radius 1 is 0.128 bits per heavy atom. The Morgan fingerprint density at radius 3 is 0.738 bits per heavy atom. The molecule has 0 aliphatic rings. The van der Waals surface area contributed by atoms with Crippen molar-refractivity contribution < 1.29 is 0 Å². The number of hydrogen-bond donors (Lipinski definition) is 0. The summed E-state index contributed by atoms with van der Waals surface area (Å²) in [4.78, 5) is 0. The van der Waals surface area contributed by atoms with E-state index in [1.165, 1.54) is 260 Å². The van der Waals surface area contributed by atoms with Crippen molar-refractivity contribution in [1.29, 1.82) is 0 Å².